The Morgan fingerprint density at radius 1 is 1.07 bits per heavy atom. The highest BCUT2D eigenvalue weighted by Gasteiger charge is 2.40. The summed E-state index contributed by atoms with van der Waals surface area (Å²) in [6.07, 6.45) is 6.51. The molecule has 41 heavy (non-hydrogen) atoms. The summed E-state index contributed by atoms with van der Waals surface area (Å²) >= 11 is 6.14. The van der Waals surface area contributed by atoms with Crippen LogP contribution in [0, 0.1) is 11.8 Å². The van der Waals surface area contributed by atoms with Crippen LogP contribution in [0.1, 0.15) is 69.3 Å². The number of benzene rings is 1. The molecule has 1 aliphatic carbocycles. The summed E-state index contributed by atoms with van der Waals surface area (Å²) in [5.41, 5.74) is 7.66. The van der Waals surface area contributed by atoms with E-state index in [1.807, 2.05) is 12.1 Å². The molecule has 1 saturated carbocycles. The van der Waals surface area contributed by atoms with Crippen LogP contribution in [0.4, 0.5) is 4.79 Å². The van der Waals surface area contributed by atoms with Crippen molar-refractivity contribution >= 4 is 33.6 Å². The van der Waals surface area contributed by atoms with Gasteiger partial charge in [0.05, 0.1) is 11.8 Å². The molecule has 2 amide bonds. The number of hydrogen-bond donors (Lipinski definition) is 4. The summed E-state index contributed by atoms with van der Waals surface area (Å²) < 4.78 is 27.5. The Morgan fingerprint density at radius 3 is 2.51 bits per heavy atom. The van der Waals surface area contributed by atoms with Crippen molar-refractivity contribution in [3.63, 3.8) is 0 Å². The molecule has 12 heteroatoms. The summed E-state index contributed by atoms with van der Waals surface area (Å²) in [5.74, 6) is 0.153. The summed E-state index contributed by atoms with van der Waals surface area (Å²) in [5, 5.41) is 16.8. The molecule has 3 saturated heterocycles. The van der Waals surface area contributed by atoms with E-state index >= 15 is 0 Å². The first kappa shape index (κ1) is 30.5. The van der Waals surface area contributed by atoms with E-state index in [4.69, 9.17) is 17.3 Å². The summed E-state index contributed by atoms with van der Waals surface area (Å²) in [7, 11) is -3.22. The Labute approximate surface area is 248 Å². The number of nitrogens with one attached hydrogen (secondary N) is 2. The first-order valence-corrected chi connectivity index (χ1v) is 17.1. The fourth-order valence-electron chi connectivity index (χ4n) is 7.57. The Balaban J connectivity index is 1.22. The third kappa shape index (κ3) is 7.18. The van der Waals surface area contributed by atoms with Crippen LogP contribution < -0.4 is 16.4 Å². The van der Waals surface area contributed by atoms with Gasteiger partial charge in [0.1, 0.15) is 0 Å². The molecular weight excluding hydrogens is 566 g/mol. The minimum atomic E-state index is -3.22. The van der Waals surface area contributed by atoms with Gasteiger partial charge in [0.15, 0.2) is 0 Å². The van der Waals surface area contributed by atoms with Gasteiger partial charge in [-0.15, -0.1) is 0 Å². The van der Waals surface area contributed by atoms with E-state index < -0.39 is 22.2 Å². The van der Waals surface area contributed by atoms with Crippen molar-refractivity contribution in [1.29, 1.82) is 0 Å². The van der Waals surface area contributed by atoms with Crippen LogP contribution in [-0.2, 0) is 14.8 Å². The summed E-state index contributed by atoms with van der Waals surface area (Å²) in [6.45, 7) is 2.09. The predicted octanol–water partition coefficient (Wildman–Crippen LogP) is 2.97. The van der Waals surface area contributed by atoms with E-state index in [0.717, 1.165) is 44.1 Å². The Morgan fingerprint density at radius 2 is 1.80 bits per heavy atom. The van der Waals surface area contributed by atoms with Crippen LogP contribution in [0.2, 0.25) is 5.02 Å². The number of hydrogen-bond acceptors (Lipinski definition) is 6. The van der Waals surface area contributed by atoms with Crippen LogP contribution in [0.5, 0.6) is 0 Å². The van der Waals surface area contributed by atoms with Crippen molar-refractivity contribution in [2.75, 3.05) is 31.9 Å². The smallest absolute Gasteiger partial charge is 0.407 e. The number of carbonyl (C=O) groups is 2. The van der Waals surface area contributed by atoms with E-state index in [1.165, 1.54) is 4.90 Å². The fraction of sp³-hybridized carbons (Fsp3) is 0.724. The van der Waals surface area contributed by atoms with E-state index in [9.17, 15) is 23.1 Å². The maximum Gasteiger partial charge on any atom is 0.407 e. The molecule has 3 unspecified atom stereocenters. The Kier molecular flexibility index (Phi) is 9.80. The molecule has 228 valence electrons. The van der Waals surface area contributed by atoms with Gasteiger partial charge in [-0.1, -0.05) is 30.2 Å². The van der Waals surface area contributed by atoms with E-state index in [2.05, 4.69) is 10.6 Å². The number of piperidine rings is 1. The Hall–Kier alpha value is -1.92. The third-order valence-electron chi connectivity index (χ3n) is 9.88. The monoisotopic (exact) mass is 609 g/mol. The largest absolute Gasteiger partial charge is 0.465 e. The first-order chi connectivity index (χ1) is 19.6. The first-order valence-electron chi connectivity index (χ1n) is 15.1. The number of rotatable bonds is 8. The number of carbonyl (C=O) groups excluding carboxylic acids is 1. The van der Waals surface area contributed by atoms with Crippen molar-refractivity contribution < 1.29 is 23.1 Å². The molecule has 0 aromatic heterocycles. The maximum atomic E-state index is 13.6. The lowest BCUT2D eigenvalue weighted by Crippen LogP contribution is -2.57. The summed E-state index contributed by atoms with van der Waals surface area (Å²) in [4.78, 5) is 26.5. The normalized spacial score (nSPS) is 31.7. The maximum absolute atomic E-state index is 13.6. The number of piperazine rings is 1. The minimum absolute atomic E-state index is 0.0123. The number of amides is 2. The number of sulfonamides is 1. The third-order valence-corrected chi connectivity index (χ3v) is 12.1. The summed E-state index contributed by atoms with van der Waals surface area (Å²) in [6, 6.07) is 6.89. The highest BCUT2D eigenvalue weighted by atomic mass is 35.5. The number of nitrogens with zero attached hydrogens (tertiary/aromatic N) is 2. The fourth-order valence-corrected chi connectivity index (χ4v) is 9.51. The average molecular weight is 610 g/mol. The van der Waals surface area contributed by atoms with E-state index in [-0.39, 0.29) is 47.5 Å². The quantitative estimate of drug-likeness (QED) is 0.354. The molecule has 1 aromatic rings. The molecule has 3 heterocycles. The molecule has 1 aromatic carbocycles. The number of likely N-dealkylation sites (tertiary alicyclic amines) is 1. The van der Waals surface area contributed by atoms with Gasteiger partial charge in [-0.05, 0) is 80.9 Å². The molecule has 3 aliphatic heterocycles. The SMILES string of the molecule is NC(C(=O)N[C@H]1CCC[C@@H]1CC[C@H]1CN[C@@H]2CCCS(=O)(=O)N1C2)C(c1ccc(Cl)cc1)C1CCN(C(=O)O)CC1. The van der Waals surface area contributed by atoms with Crippen LogP contribution >= 0.6 is 11.6 Å². The lowest BCUT2D eigenvalue weighted by Gasteiger charge is -2.38. The van der Waals surface area contributed by atoms with E-state index in [0.29, 0.717) is 50.5 Å². The van der Waals surface area contributed by atoms with Gasteiger partial charge in [0.25, 0.3) is 0 Å². The van der Waals surface area contributed by atoms with Crippen LogP contribution in [0.25, 0.3) is 0 Å². The zero-order valence-electron chi connectivity index (χ0n) is 23.6. The van der Waals surface area contributed by atoms with Crippen LogP contribution in [-0.4, -0.2) is 90.8 Å². The van der Waals surface area contributed by atoms with Crippen LogP contribution in [0.15, 0.2) is 24.3 Å². The van der Waals surface area contributed by atoms with Crippen molar-refractivity contribution in [3.05, 3.63) is 34.9 Å². The standard InChI is InChI=1S/C29H44ClN5O5S/c30-22-9-6-20(7-10-22)26(21-12-14-34(15-13-21)29(37)38)27(31)28(36)33-25-5-1-3-19(25)8-11-24-17-32-23-4-2-16-41(39,40)35(24)18-23/h6-7,9-10,19,21,23-27,32H,1-5,8,11-18,31H2,(H,33,36)(H,37,38)/t19-,23-,24+,25+,26?,27?/m1/s1. The number of nitrogens with two attached hydrogens (primary N) is 1. The number of fused-ring (bicyclic) bond motifs is 2. The molecule has 0 spiro atoms. The second-order valence-electron chi connectivity index (χ2n) is 12.4. The van der Waals surface area contributed by atoms with Gasteiger partial charge in [0.2, 0.25) is 15.9 Å². The minimum Gasteiger partial charge on any atom is -0.465 e. The number of carboxylic acid groups (broad SMARTS) is 1. The van der Waals surface area contributed by atoms with Gasteiger partial charge < -0.3 is 26.4 Å². The molecule has 7 atom stereocenters. The van der Waals surface area contributed by atoms with Gasteiger partial charge >= 0.3 is 6.09 Å². The van der Waals surface area contributed by atoms with Crippen molar-refractivity contribution in [2.45, 2.75) is 87.9 Å². The van der Waals surface area contributed by atoms with Gasteiger partial charge in [-0.25, -0.2) is 13.2 Å². The highest BCUT2D eigenvalue weighted by Crippen LogP contribution is 2.37. The van der Waals surface area contributed by atoms with Crippen molar-refractivity contribution in [2.24, 2.45) is 17.6 Å². The molecule has 10 nitrogen and oxygen atoms in total. The lowest BCUT2D eigenvalue weighted by molar-refractivity contribution is -0.124. The molecule has 5 N–H and O–H groups in total. The molecule has 0 radical (unpaired) electrons. The van der Waals surface area contributed by atoms with Crippen molar-refractivity contribution in [1.82, 2.24) is 19.8 Å². The average Bonchev–Trinajstić information content (AvgIpc) is 3.35. The molecule has 5 rings (SSSR count). The zero-order valence-corrected chi connectivity index (χ0v) is 25.2. The van der Waals surface area contributed by atoms with Gasteiger partial charge in [-0.2, -0.15) is 4.31 Å². The molecule has 2 bridgehead atoms. The predicted molar refractivity (Wildman–Crippen MR) is 158 cm³/mol. The lowest BCUT2D eigenvalue weighted by atomic mass is 9.75. The van der Waals surface area contributed by atoms with E-state index in [1.54, 1.807) is 16.4 Å². The number of halogens is 1. The highest BCUT2D eigenvalue weighted by molar-refractivity contribution is 7.89. The van der Waals surface area contributed by atoms with Gasteiger partial charge in [-0.3, -0.25) is 4.79 Å². The van der Waals surface area contributed by atoms with Gasteiger partial charge in [0, 0.05) is 55.2 Å². The topological polar surface area (TPSA) is 145 Å². The molecule has 4 aliphatic rings. The second-order valence-corrected chi connectivity index (χ2v) is 14.9. The second kappa shape index (κ2) is 13.2. The Bertz CT molecular complexity index is 1180. The molecular formula is C29H44ClN5O5S. The van der Waals surface area contributed by atoms with Crippen LogP contribution in [0.3, 0.4) is 0 Å². The van der Waals surface area contributed by atoms with Crippen molar-refractivity contribution in [3.8, 4) is 0 Å². The molecule has 4 fully saturated rings. The zero-order chi connectivity index (χ0) is 29.1.